The van der Waals surface area contributed by atoms with Crippen LogP contribution in [0.3, 0.4) is 0 Å². The number of hydrogen-bond donors (Lipinski definition) is 1. The highest BCUT2D eigenvalue weighted by atomic mass is 32.2. The van der Waals surface area contributed by atoms with Crippen LogP contribution < -0.4 is 10.2 Å². The van der Waals surface area contributed by atoms with E-state index in [0.717, 1.165) is 36.5 Å². The Bertz CT molecular complexity index is 1100. The van der Waals surface area contributed by atoms with E-state index in [9.17, 15) is 23.3 Å². The average Bonchev–Trinajstić information content (AvgIpc) is 3.33. The number of anilines is 2. The van der Waals surface area contributed by atoms with Crippen LogP contribution in [0.2, 0.25) is 0 Å². The maximum atomic E-state index is 13.0. The number of nitrogens with zero attached hydrogens (tertiary/aromatic N) is 3. The minimum Gasteiger partial charge on any atom is -0.370 e. The Hall–Kier alpha value is -2.63. The standard InChI is InChI=1S/C22H28N4O5S2/c1-3-25(4-2)33(30,31)19-11-12-21(24-13-5-6-14-24)20(15-19)23-22(27)16-32-18-9-7-17(8-10-18)26(28)29/h7-12,15H,3-6,13-14,16H2,1-2H3,(H,23,27). The Kier molecular flexibility index (Phi) is 8.33. The zero-order valence-corrected chi connectivity index (χ0v) is 20.3. The van der Waals surface area contributed by atoms with E-state index in [1.165, 1.54) is 34.3 Å². The largest absolute Gasteiger partial charge is 0.370 e. The van der Waals surface area contributed by atoms with Crippen molar-refractivity contribution in [2.45, 2.75) is 36.5 Å². The number of carbonyl (C=O) groups is 1. The smallest absolute Gasteiger partial charge is 0.269 e. The van der Waals surface area contributed by atoms with E-state index in [1.807, 2.05) is 0 Å². The predicted molar refractivity (Wildman–Crippen MR) is 130 cm³/mol. The van der Waals surface area contributed by atoms with Gasteiger partial charge in [-0.1, -0.05) is 13.8 Å². The van der Waals surface area contributed by atoms with Crippen molar-refractivity contribution in [3.05, 3.63) is 52.6 Å². The molecule has 0 aliphatic carbocycles. The average molecular weight is 493 g/mol. The van der Waals surface area contributed by atoms with Crippen LogP contribution in [0.1, 0.15) is 26.7 Å². The SMILES string of the molecule is CCN(CC)S(=O)(=O)c1ccc(N2CCCC2)c(NC(=O)CSc2ccc([N+](=O)[O-])cc2)c1. The Morgan fingerprint density at radius 1 is 1.12 bits per heavy atom. The van der Waals surface area contributed by atoms with Gasteiger partial charge in [0.2, 0.25) is 15.9 Å². The lowest BCUT2D eigenvalue weighted by Crippen LogP contribution is -2.31. The summed E-state index contributed by atoms with van der Waals surface area (Å²) in [6, 6.07) is 10.9. The maximum absolute atomic E-state index is 13.0. The first-order valence-electron chi connectivity index (χ1n) is 10.8. The van der Waals surface area contributed by atoms with E-state index >= 15 is 0 Å². The summed E-state index contributed by atoms with van der Waals surface area (Å²) in [4.78, 5) is 26.1. The van der Waals surface area contributed by atoms with Gasteiger partial charge in [-0.15, -0.1) is 11.8 Å². The summed E-state index contributed by atoms with van der Waals surface area (Å²) < 4.78 is 27.4. The number of thioether (sulfide) groups is 1. The minimum absolute atomic E-state index is 0.00900. The molecule has 1 amide bonds. The number of sulfonamides is 1. The van der Waals surface area contributed by atoms with Gasteiger partial charge in [0.1, 0.15) is 0 Å². The fraction of sp³-hybridized carbons (Fsp3) is 0.409. The van der Waals surface area contributed by atoms with Gasteiger partial charge >= 0.3 is 0 Å². The van der Waals surface area contributed by atoms with Crippen LogP contribution in [0.25, 0.3) is 0 Å². The quantitative estimate of drug-likeness (QED) is 0.303. The van der Waals surface area contributed by atoms with Crippen molar-refractivity contribution in [2.75, 3.05) is 42.1 Å². The number of hydrogen-bond acceptors (Lipinski definition) is 7. The van der Waals surface area contributed by atoms with Crippen molar-refractivity contribution in [2.24, 2.45) is 0 Å². The molecule has 0 radical (unpaired) electrons. The zero-order valence-electron chi connectivity index (χ0n) is 18.7. The van der Waals surface area contributed by atoms with Crippen molar-refractivity contribution in [1.82, 2.24) is 4.31 Å². The van der Waals surface area contributed by atoms with E-state index in [-0.39, 0.29) is 22.2 Å². The van der Waals surface area contributed by atoms with Gasteiger partial charge in [-0.25, -0.2) is 8.42 Å². The summed E-state index contributed by atoms with van der Waals surface area (Å²) >= 11 is 1.25. The van der Waals surface area contributed by atoms with Gasteiger partial charge in [0, 0.05) is 43.2 Å². The number of nitrogens with one attached hydrogen (secondary N) is 1. The van der Waals surface area contributed by atoms with Gasteiger partial charge in [-0.05, 0) is 43.2 Å². The molecule has 1 saturated heterocycles. The number of amides is 1. The molecule has 0 atom stereocenters. The van der Waals surface area contributed by atoms with Crippen molar-refractivity contribution >= 4 is 44.8 Å². The highest BCUT2D eigenvalue weighted by Crippen LogP contribution is 2.33. The molecule has 2 aromatic carbocycles. The first-order chi connectivity index (χ1) is 15.8. The van der Waals surface area contributed by atoms with Gasteiger partial charge < -0.3 is 10.2 Å². The summed E-state index contributed by atoms with van der Waals surface area (Å²) in [7, 11) is -3.66. The number of non-ortho nitro benzene ring substituents is 1. The van der Waals surface area contributed by atoms with Crippen LogP contribution in [0, 0.1) is 10.1 Å². The molecular weight excluding hydrogens is 464 g/mol. The fourth-order valence-corrected chi connectivity index (χ4v) is 5.90. The van der Waals surface area contributed by atoms with E-state index in [2.05, 4.69) is 10.2 Å². The van der Waals surface area contributed by atoms with Crippen LogP contribution in [0.15, 0.2) is 52.3 Å². The fourth-order valence-electron chi connectivity index (χ4n) is 3.72. The van der Waals surface area contributed by atoms with Gasteiger partial charge in [-0.2, -0.15) is 4.31 Å². The molecule has 1 aliphatic heterocycles. The predicted octanol–water partition coefficient (Wildman–Crippen LogP) is 3.96. The molecule has 0 aromatic heterocycles. The molecule has 11 heteroatoms. The van der Waals surface area contributed by atoms with Gasteiger partial charge in [0.25, 0.3) is 5.69 Å². The molecule has 1 N–H and O–H groups in total. The molecule has 0 saturated carbocycles. The van der Waals surface area contributed by atoms with E-state index < -0.39 is 14.9 Å². The Morgan fingerprint density at radius 2 is 1.76 bits per heavy atom. The first-order valence-corrected chi connectivity index (χ1v) is 13.2. The number of rotatable bonds is 10. The summed E-state index contributed by atoms with van der Waals surface area (Å²) in [6.07, 6.45) is 2.09. The Balaban J connectivity index is 1.80. The van der Waals surface area contributed by atoms with Crippen LogP contribution in [-0.2, 0) is 14.8 Å². The number of carbonyl (C=O) groups excluding carboxylic acids is 1. The van der Waals surface area contributed by atoms with Crippen LogP contribution in [-0.4, -0.2) is 55.5 Å². The van der Waals surface area contributed by atoms with Crippen molar-refractivity contribution < 1.29 is 18.1 Å². The second-order valence-corrected chi connectivity index (χ2v) is 10.5. The molecule has 1 aliphatic rings. The number of benzene rings is 2. The first kappa shape index (κ1) is 25.0. The van der Waals surface area contributed by atoms with Crippen molar-refractivity contribution in [3.63, 3.8) is 0 Å². The third-order valence-electron chi connectivity index (χ3n) is 5.45. The monoisotopic (exact) mass is 492 g/mol. The lowest BCUT2D eigenvalue weighted by molar-refractivity contribution is -0.384. The summed E-state index contributed by atoms with van der Waals surface area (Å²) in [6.45, 7) is 6.00. The van der Waals surface area contributed by atoms with Crippen molar-refractivity contribution in [3.8, 4) is 0 Å². The molecule has 1 heterocycles. The number of nitro benzene ring substituents is 1. The molecule has 1 fully saturated rings. The van der Waals surface area contributed by atoms with Crippen LogP contribution >= 0.6 is 11.8 Å². The zero-order chi connectivity index (χ0) is 24.0. The van der Waals surface area contributed by atoms with E-state index in [0.29, 0.717) is 18.8 Å². The summed E-state index contributed by atoms with van der Waals surface area (Å²) in [5.41, 5.74) is 1.27. The summed E-state index contributed by atoms with van der Waals surface area (Å²) in [5, 5.41) is 13.7. The number of nitro groups is 1. The van der Waals surface area contributed by atoms with Crippen molar-refractivity contribution in [1.29, 1.82) is 0 Å². The third-order valence-corrected chi connectivity index (χ3v) is 8.51. The molecule has 0 unspecified atom stereocenters. The Morgan fingerprint density at radius 3 is 2.33 bits per heavy atom. The highest BCUT2D eigenvalue weighted by Gasteiger charge is 2.25. The second-order valence-electron chi connectivity index (χ2n) is 7.55. The van der Waals surface area contributed by atoms with Crippen LogP contribution in [0.5, 0.6) is 0 Å². The third kappa shape index (κ3) is 6.04. The Labute approximate surface area is 198 Å². The maximum Gasteiger partial charge on any atom is 0.269 e. The van der Waals surface area contributed by atoms with Crippen LogP contribution in [0.4, 0.5) is 17.1 Å². The molecule has 2 aromatic rings. The van der Waals surface area contributed by atoms with E-state index in [1.54, 1.807) is 38.1 Å². The molecule has 0 bridgehead atoms. The topological polar surface area (TPSA) is 113 Å². The second kappa shape index (κ2) is 11.0. The highest BCUT2D eigenvalue weighted by molar-refractivity contribution is 8.00. The lowest BCUT2D eigenvalue weighted by atomic mass is 10.2. The summed E-state index contributed by atoms with van der Waals surface area (Å²) in [5.74, 6) is -0.194. The lowest BCUT2D eigenvalue weighted by Gasteiger charge is -2.24. The minimum atomic E-state index is -3.66. The molecule has 33 heavy (non-hydrogen) atoms. The molecule has 3 rings (SSSR count). The normalized spacial score (nSPS) is 14.0. The molecule has 178 valence electrons. The van der Waals surface area contributed by atoms with E-state index in [4.69, 9.17) is 0 Å². The van der Waals surface area contributed by atoms with Gasteiger partial charge in [0.15, 0.2) is 0 Å². The van der Waals surface area contributed by atoms with Gasteiger partial charge in [-0.3, -0.25) is 14.9 Å². The molecule has 9 nitrogen and oxygen atoms in total. The molecular formula is C22H28N4O5S2. The molecule has 0 spiro atoms. The van der Waals surface area contributed by atoms with Gasteiger partial charge in [0.05, 0.1) is 26.9 Å².